The molecule has 0 aliphatic carbocycles. The molecule has 13 heavy (non-hydrogen) atoms. The van der Waals surface area contributed by atoms with Gasteiger partial charge in [0.15, 0.2) is 8.03 Å². The Morgan fingerprint density at radius 2 is 2.54 bits per heavy atom. The van der Waals surface area contributed by atoms with Gasteiger partial charge in [-0.05, 0) is 13.8 Å². The van der Waals surface area contributed by atoms with Crippen LogP contribution in [0.15, 0.2) is 9.98 Å². The van der Waals surface area contributed by atoms with Crippen LogP contribution in [0, 0.1) is 0 Å². The van der Waals surface area contributed by atoms with E-state index in [9.17, 15) is 4.57 Å². The summed E-state index contributed by atoms with van der Waals surface area (Å²) in [5, 5.41) is 0. The van der Waals surface area contributed by atoms with E-state index in [-0.39, 0.29) is 6.04 Å². The Bertz CT molecular complexity index is 251. The van der Waals surface area contributed by atoms with E-state index in [1.165, 1.54) is 0 Å². The van der Waals surface area contributed by atoms with Crippen molar-refractivity contribution in [2.75, 3.05) is 19.3 Å². The quantitative estimate of drug-likeness (QED) is 0.647. The maximum atomic E-state index is 11.2. The van der Waals surface area contributed by atoms with Gasteiger partial charge >= 0.3 is 0 Å². The van der Waals surface area contributed by atoms with Crippen molar-refractivity contribution >= 4 is 20.0 Å². The van der Waals surface area contributed by atoms with E-state index in [1.54, 1.807) is 6.21 Å². The van der Waals surface area contributed by atoms with E-state index in [2.05, 4.69) is 9.98 Å². The number of hydrogen-bond acceptors (Lipinski definition) is 4. The van der Waals surface area contributed by atoms with Gasteiger partial charge in [-0.25, -0.2) is 0 Å². The summed E-state index contributed by atoms with van der Waals surface area (Å²) >= 11 is 0. The van der Waals surface area contributed by atoms with Gasteiger partial charge in [0.25, 0.3) is 0 Å². The largest absolute Gasteiger partial charge is 0.330 e. The third kappa shape index (κ3) is 3.83. The summed E-state index contributed by atoms with van der Waals surface area (Å²) in [5.41, 5.74) is 0.801. The van der Waals surface area contributed by atoms with Crippen molar-refractivity contribution in [3.63, 3.8) is 0 Å². The molecule has 2 atom stereocenters. The molecule has 74 valence electrons. The third-order valence-corrected chi connectivity index (χ3v) is 2.93. The lowest BCUT2D eigenvalue weighted by Gasteiger charge is -2.10. The molecule has 0 saturated heterocycles. The van der Waals surface area contributed by atoms with E-state index in [1.807, 2.05) is 13.8 Å². The summed E-state index contributed by atoms with van der Waals surface area (Å²) in [6, 6.07) is 0.262. The molecule has 0 aromatic carbocycles. The van der Waals surface area contributed by atoms with Gasteiger partial charge in [-0.15, -0.1) is 0 Å². The van der Waals surface area contributed by atoms with Crippen LogP contribution in [0.1, 0.15) is 13.8 Å². The van der Waals surface area contributed by atoms with Crippen molar-refractivity contribution in [1.29, 1.82) is 0 Å². The molecule has 0 aromatic heterocycles. The summed E-state index contributed by atoms with van der Waals surface area (Å²) in [4.78, 5) is 8.44. The Balaban J connectivity index is 2.38. The van der Waals surface area contributed by atoms with Gasteiger partial charge in [0, 0.05) is 6.21 Å². The normalized spacial score (nSPS) is 24.2. The molecule has 0 fully saturated rings. The maximum absolute atomic E-state index is 11.2. The molecule has 0 N–H and O–H groups in total. The maximum Gasteiger partial charge on any atom is 0.197 e. The molecule has 0 aromatic rings. The number of nitrogens with zero attached hydrogens (tertiary/aromatic N) is 2. The van der Waals surface area contributed by atoms with E-state index < -0.39 is 8.03 Å². The molecule has 0 spiro atoms. The number of hydrogen-bond donors (Lipinski definition) is 0. The Morgan fingerprint density at radius 1 is 1.77 bits per heavy atom. The zero-order valence-electron chi connectivity index (χ0n) is 7.99. The Kier molecular flexibility index (Phi) is 4.33. The van der Waals surface area contributed by atoms with Gasteiger partial charge in [0.05, 0.1) is 31.1 Å². The van der Waals surface area contributed by atoms with E-state index in [4.69, 9.17) is 4.52 Å². The zero-order valence-corrected chi connectivity index (χ0v) is 8.99. The van der Waals surface area contributed by atoms with Crippen molar-refractivity contribution in [3.8, 4) is 0 Å². The number of aliphatic imine (C=N–C) groups is 2. The zero-order chi connectivity index (χ0) is 9.68. The lowest BCUT2D eigenvalue weighted by molar-refractivity contribution is 0.353. The van der Waals surface area contributed by atoms with Crippen molar-refractivity contribution in [1.82, 2.24) is 0 Å². The molecular weight excluding hydrogens is 187 g/mol. The van der Waals surface area contributed by atoms with Crippen LogP contribution >= 0.6 is 8.03 Å². The number of rotatable bonds is 4. The fourth-order valence-electron chi connectivity index (χ4n) is 1.01. The van der Waals surface area contributed by atoms with Gasteiger partial charge in [0.2, 0.25) is 0 Å². The molecule has 0 radical (unpaired) electrons. The smallest absolute Gasteiger partial charge is 0.197 e. The molecule has 5 heteroatoms. The fraction of sp³-hybridized carbons (Fsp3) is 0.750. The van der Waals surface area contributed by atoms with Crippen LogP contribution in [-0.2, 0) is 9.09 Å². The first-order valence-corrected chi connectivity index (χ1v) is 5.97. The molecule has 1 aliphatic heterocycles. The van der Waals surface area contributed by atoms with Crippen LogP contribution in [-0.4, -0.2) is 37.3 Å². The minimum atomic E-state index is -1.93. The highest BCUT2D eigenvalue weighted by Crippen LogP contribution is 2.21. The van der Waals surface area contributed by atoms with Crippen molar-refractivity contribution in [2.24, 2.45) is 9.98 Å². The van der Waals surface area contributed by atoms with Crippen LogP contribution in [0.2, 0.25) is 0 Å². The Labute approximate surface area is 79.0 Å². The predicted octanol–water partition coefficient (Wildman–Crippen LogP) is 1.41. The molecule has 1 rings (SSSR count). The minimum Gasteiger partial charge on any atom is -0.330 e. The summed E-state index contributed by atoms with van der Waals surface area (Å²) < 4.78 is 16.2. The van der Waals surface area contributed by atoms with Gasteiger partial charge < -0.3 is 4.52 Å². The minimum absolute atomic E-state index is 0.262. The first-order chi connectivity index (χ1) is 6.22. The first kappa shape index (κ1) is 10.6. The topological polar surface area (TPSA) is 51.0 Å². The highest BCUT2D eigenvalue weighted by Gasteiger charge is 2.08. The molecule has 0 amide bonds. The Hall–Kier alpha value is -0.470. The summed E-state index contributed by atoms with van der Waals surface area (Å²) in [5.74, 6) is 0. The van der Waals surface area contributed by atoms with Gasteiger partial charge in [-0.3, -0.25) is 14.5 Å². The van der Waals surface area contributed by atoms with Crippen LogP contribution in [0.3, 0.4) is 0 Å². The van der Waals surface area contributed by atoms with Crippen LogP contribution < -0.4 is 0 Å². The highest BCUT2D eigenvalue weighted by atomic mass is 31.1. The molecule has 1 aliphatic rings. The lowest BCUT2D eigenvalue weighted by atomic mass is 10.3. The summed E-state index contributed by atoms with van der Waals surface area (Å²) in [6.45, 7) is 5.04. The fourth-order valence-corrected chi connectivity index (χ4v) is 1.93. The molecular formula is C8H15N2O2P. The van der Waals surface area contributed by atoms with Gasteiger partial charge in [-0.1, -0.05) is 0 Å². The molecule has 2 unspecified atom stereocenters. The van der Waals surface area contributed by atoms with E-state index in [0.29, 0.717) is 19.3 Å². The average molecular weight is 202 g/mol. The second-order valence-corrected chi connectivity index (χ2v) is 4.33. The van der Waals surface area contributed by atoms with Crippen molar-refractivity contribution in [2.45, 2.75) is 19.9 Å². The molecule has 4 nitrogen and oxygen atoms in total. The lowest BCUT2D eigenvalue weighted by Crippen LogP contribution is -2.17. The Morgan fingerprint density at radius 3 is 3.08 bits per heavy atom. The highest BCUT2D eigenvalue weighted by molar-refractivity contribution is 7.40. The average Bonchev–Trinajstić information content (AvgIpc) is 2.09. The van der Waals surface area contributed by atoms with Gasteiger partial charge in [0.1, 0.15) is 0 Å². The summed E-state index contributed by atoms with van der Waals surface area (Å²) in [7, 11) is -1.93. The van der Waals surface area contributed by atoms with Crippen LogP contribution in [0.4, 0.5) is 0 Å². The van der Waals surface area contributed by atoms with Crippen LogP contribution in [0.25, 0.3) is 0 Å². The first-order valence-electron chi connectivity index (χ1n) is 4.44. The third-order valence-electron chi connectivity index (χ3n) is 1.67. The van der Waals surface area contributed by atoms with Crippen molar-refractivity contribution < 1.29 is 9.09 Å². The van der Waals surface area contributed by atoms with E-state index >= 15 is 0 Å². The predicted molar refractivity (Wildman–Crippen MR) is 55.8 cm³/mol. The van der Waals surface area contributed by atoms with E-state index in [0.717, 1.165) is 5.71 Å². The molecule has 0 bridgehead atoms. The molecule has 0 saturated carbocycles. The second-order valence-electron chi connectivity index (χ2n) is 2.94. The van der Waals surface area contributed by atoms with Gasteiger partial charge in [-0.2, -0.15) is 0 Å². The second kappa shape index (κ2) is 5.30. The summed E-state index contributed by atoms with van der Waals surface area (Å²) in [6.07, 6.45) is 2.13. The molecule has 1 heterocycles. The standard InChI is InChI=1S/C8H15N2O2P/c1-3-12-13(11)6-8-5-9-7(2)4-10-8/h5,7,13H,3-4,6H2,1-2H3. The van der Waals surface area contributed by atoms with Crippen LogP contribution in [0.5, 0.6) is 0 Å². The monoisotopic (exact) mass is 202 g/mol. The SMILES string of the molecule is CCO[PH](=O)CC1=NCC(C)N=C1. The van der Waals surface area contributed by atoms with Crippen molar-refractivity contribution in [3.05, 3.63) is 0 Å².